The number of ether oxygens (including phenoxy) is 2. The molecular formula is C16H15NO2. The van der Waals surface area contributed by atoms with Crippen molar-refractivity contribution in [2.45, 2.75) is 13.8 Å². The number of rotatable bonds is 4. The smallest absolute Gasteiger partial charge is 0.169 e. The van der Waals surface area contributed by atoms with Crippen molar-refractivity contribution in [3.05, 3.63) is 53.6 Å². The molecule has 96 valence electrons. The van der Waals surface area contributed by atoms with Crippen LogP contribution in [0.1, 0.15) is 18.1 Å². The van der Waals surface area contributed by atoms with E-state index in [0.29, 0.717) is 29.4 Å². The zero-order valence-corrected chi connectivity index (χ0v) is 11.0. The summed E-state index contributed by atoms with van der Waals surface area (Å²) in [6.45, 7) is 4.43. The molecule has 2 aromatic rings. The van der Waals surface area contributed by atoms with Crippen molar-refractivity contribution in [1.29, 1.82) is 5.26 Å². The minimum Gasteiger partial charge on any atom is -0.490 e. The van der Waals surface area contributed by atoms with Crippen molar-refractivity contribution in [2.24, 2.45) is 0 Å². The van der Waals surface area contributed by atoms with Gasteiger partial charge in [0.15, 0.2) is 11.5 Å². The van der Waals surface area contributed by atoms with Gasteiger partial charge < -0.3 is 9.47 Å². The lowest BCUT2D eigenvalue weighted by atomic mass is 10.1. The lowest BCUT2D eigenvalue weighted by molar-refractivity contribution is 0.321. The number of hydrogen-bond donors (Lipinski definition) is 0. The van der Waals surface area contributed by atoms with Gasteiger partial charge in [-0.25, -0.2) is 0 Å². The van der Waals surface area contributed by atoms with Gasteiger partial charge in [-0.05, 0) is 43.7 Å². The van der Waals surface area contributed by atoms with E-state index in [1.165, 1.54) is 0 Å². The zero-order valence-electron chi connectivity index (χ0n) is 11.0. The first-order valence-electron chi connectivity index (χ1n) is 6.15. The van der Waals surface area contributed by atoms with E-state index in [1.807, 2.05) is 44.2 Å². The molecule has 0 saturated carbocycles. The molecule has 2 rings (SSSR count). The van der Waals surface area contributed by atoms with Gasteiger partial charge in [0.25, 0.3) is 0 Å². The van der Waals surface area contributed by atoms with Gasteiger partial charge in [-0.1, -0.05) is 18.2 Å². The second kappa shape index (κ2) is 5.92. The lowest BCUT2D eigenvalue weighted by Gasteiger charge is -2.12. The van der Waals surface area contributed by atoms with E-state index in [2.05, 4.69) is 6.07 Å². The van der Waals surface area contributed by atoms with Crippen LogP contribution in [0.15, 0.2) is 42.5 Å². The third-order valence-electron chi connectivity index (χ3n) is 2.62. The maximum atomic E-state index is 9.13. The molecule has 0 radical (unpaired) electrons. The van der Waals surface area contributed by atoms with Crippen molar-refractivity contribution < 1.29 is 9.47 Å². The van der Waals surface area contributed by atoms with Crippen LogP contribution < -0.4 is 9.47 Å². The summed E-state index contributed by atoms with van der Waals surface area (Å²) in [6.07, 6.45) is 0. The number of aryl methyl sites for hydroxylation is 1. The van der Waals surface area contributed by atoms with Gasteiger partial charge in [-0.2, -0.15) is 5.26 Å². The van der Waals surface area contributed by atoms with Gasteiger partial charge in [-0.3, -0.25) is 0 Å². The molecule has 0 bridgehead atoms. The molecule has 0 aliphatic carbocycles. The molecule has 0 aliphatic rings. The van der Waals surface area contributed by atoms with E-state index >= 15 is 0 Å². The molecule has 0 unspecified atom stereocenters. The molecule has 2 aromatic carbocycles. The van der Waals surface area contributed by atoms with Crippen LogP contribution in [-0.4, -0.2) is 6.61 Å². The van der Waals surface area contributed by atoms with E-state index in [-0.39, 0.29) is 0 Å². The lowest BCUT2D eigenvalue weighted by Crippen LogP contribution is -1.95. The Morgan fingerprint density at radius 3 is 2.47 bits per heavy atom. The van der Waals surface area contributed by atoms with E-state index in [4.69, 9.17) is 14.7 Å². The van der Waals surface area contributed by atoms with E-state index in [9.17, 15) is 0 Å². The van der Waals surface area contributed by atoms with Crippen LogP contribution >= 0.6 is 0 Å². The van der Waals surface area contributed by atoms with Crippen LogP contribution in [0.3, 0.4) is 0 Å². The highest BCUT2D eigenvalue weighted by Gasteiger charge is 2.08. The third-order valence-corrected chi connectivity index (χ3v) is 2.62. The van der Waals surface area contributed by atoms with Gasteiger partial charge in [0.1, 0.15) is 11.8 Å². The van der Waals surface area contributed by atoms with Gasteiger partial charge in [-0.15, -0.1) is 0 Å². The Kier molecular flexibility index (Phi) is 4.04. The average Bonchev–Trinajstić information content (AvgIpc) is 2.43. The summed E-state index contributed by atoms with van der Waals surface area (Å²) in [6, 6.07) is 15.1. The molecule has 0 fully saturated rings. The summed E-state index contributed by atoms with van der Waals surface area (Å²) >= 11 is 0. The van der Waals surface area contributed by atoms with Crippen LogP contribution in [0.2, 0.25) is 0 Å². The summed E-state index contributed by atoms with van der Waals surface area (Å²) in [7, 11) is 0. The Morgan fingerprint density at radius 1 is 1.05 bits per heavy atom. The van der Waals surface area contributed by atoms with Crippen LogP contribution in [0.5, 0.6) is 17.2 Å². The van der Waals surface area contributed by atoms with E-state index < -0.39 is 0 Å². The maximum Gasteiger partial charge on any atom is 0.169 e. The highest BCUT2D eigenvalue weighted by molar-refractivity contribution is 5.49. The van der Waals surface area contributed by atoms with Gasteiger partial charge in [0.2, 0.25) is 0 Å². The number of nitrogens with zero attached hydrogens (tertiary/aromatic N) is 1. The van der Waals surface area contributed by atoms with Gasteiger partial charge in [0, 0.05) is 0 Å². The number of nitriles is 1. The largest absolute Gasteiger partial charge is 0.490 e. The summed E-state index contributed by atoms with van der Waals surface area (Å²) in [5.41, 5.74) is 1.55. The second-order valence-electron chi connectivity index (χ2n) is 4.09. The highest BCUT2D eigenvalue weighted by atomic mass is 16.5. The van der Waals surface area contributed by atoms with Crippen molar-refractivity contribution in [1.82, 2.24) is 0 Å². The molecule has 0 amide bonds. The molecular weight excluding hydrogens is 238 g/mol. The predicted molar refractivity (Wildman–Crippen MR) is 73.6 cm³/mol. The Labute approximate surface area is 113 Å². The summed E-state index contributed by atoms with van der Waals surface area (Å²) < 4.78 is 11.3. The molecule has 3 nitrogen and oxygen atoms in total. The van der Waals surface area contributed by atoms with Crippen LogP contribution in [-0.2, 0) is 0 Å². The Balaban J connectivity index is 2.34. The average molecular weight is 253 g/mol. The minimum absolute atomic E-state index is 0.520. The molecule has 3 heteroatoms. The number of para-hydroxylation sites is 2. The first-order chi connectivity index (χ1) is 9.24. The molecule has 0 atom stereocenters. The van der Waals surface area contributed by atoms with Crippen molar-refractivity contribution in [2.75, 3.05) is 6.61 Å². The monoisotopic (exact) mass is 253 g/mol. The minimum atomic E-state index is 0.520. The van der Waals surface area contributed by atoms with E-state index in [0.717, 1.165) is 5.56 Å². The number of hydrogen-bond acceptors (Lipinski definition) is 3. The fraction of sp³-hybridized carbons (Fsp3) is 0.188. The Hall–Kier alpha value is -2.47. The Bertz CT molecular complexity index is 614. The SMILES string of the molecule is CCOc1ccccc1Oc1ccc(C)cc1C#N. The first kappa shape index (κ1) is 13.0. The summed E-state index contributed by atoms with van der Waals surface area (Å²) in [5.74, 6) is 1.83. The molecule has 0 N–H and O–H groups in total. The standard InChI is InChI=1S/C16H15NO2/c1-3-18-15-6-4-5-7-16(15)19-14-9-8-12(2)10-13(14)11-17/h4-10H,3H2,1-2H3. The molecule has 0 saturated heterocycles. The van der Waals surface area contributed by atoms with Crippen LogP contribution in [0, 0.1) is 18.3 Å². The summed E-state index contributed by atoms with van der Waals surface area (Å²) in [4.78, 5) is 0. The van der Waals surface area contributed by atoms with Crippen LogP contribution in [0.4, 0.5) is 0 Å². The van der Waals surface area contributed by atoms with Crippen LogP contribution in [0.25, 0.3) is 0 Å². The highest BCUT2D eigenvalue weighted by Crippen LogP contribution is 2.33. The third kappa shape index (κ3) is 3.05. The van der Waals surface area contributed by atoms with Gasteiger partial charge in [0.05, 0.1) is 12.2 Å². The summed E-state index contributed by atoms with van der Waals surface area (Å²) in [5, 5.41) is 9.13. The topological polar surface area (TPSA) is 42.2 Å². The second-order valence-corrected chi connectivity index (χ2v) is 4.09. The molecule has 0 aliphatic heterocycles. The number of benzene rings is 2. The Morgan fingerprint density at radius 2 is 1.79 bits per heavy atom. The fourth-order valence-electron chi connectivity index (χ4n) is 1.75. The van der Waals surface area contributed by atoms with E-state index in [1.54, 1.807) is 12.1 Å². The quantitative estimate of drug-likeness (QED) is 0.825. The predicted octanol–water partition coefficient (Wildman–Crippen LogP) is 4.06. The zero-order chi connectivity index (χ0) is 13.7. The first-order valence-corrected chi connectivity index (χ1v) is 6.15. The van der Waals surface area contributed by atoms with Crippen molar-refractivity contribution in [3.8, 4) is 23.3 Å². The molecule has 0 spiro atoms. The fourth-order valence-corrected chi connectivity index (χ4v) is 1.75. The van der Waals surface area contributed by atoms with Gasteiger partial charge >= 0.3 is 0 Å². The normalized spacial score (nSPS) is 9.74. The molecule has 0 aromatic heterocycles. The molecule has 19 heavy (non-hydrogen) atoms. The maximum absolute atomic E-state index is 9.13. The van der Waals surface area contributed by atoms with Crippen molar-refractivity contribution in [3.63, 3.8) is 0 Å². The molecule has 0 heterocycles. The van der Waals surface area contributed by atoms with Crippen molar-refractivity contribution >= 4 is 0 Å².